The molecule has 1 aliphatic rings. The molecular weight excluding hydrogens is 296 g/mol. The van der Waals surface area contributed by atoms with Gasteiger partial charge in [-0.25, -0.2) is 4.98 Å². The van der Waals surface area contributed by atoms with E-state index in [4.69, 9.17) is 9.72 Å². The first-order valence-electron chi connectivity index (χ1n) is 8.90. The molecule has 0 radical (unpaired) electrons. The maximum absolute atomic E-state index is 5.97. The van der Waals surface area contributed by atoms with E-state index in [1.165, 1.54) is 29.7 Å². The van der Waals surface area contributed by atoms with E-state index in [9.17, 15) is 0 Å². The fourth-order valence-electron chi connectivity index (χ4n) is 3.19. The number of nitrogens with zero attached hydrogens (tertiary/aromatic N) is 2. The van der Waals surface area contributed by atoms with Gasteiger partial charge in [0.15, 0.2) is 0 Å². The number of hydrogen-bond donors (Lipinski definition) is 0. The molecule has 0 N–H and O–H groups in total. The number of para-hydroxylation sites is 2. The summed E-state index contributed by atoms with van der Waals surface area (Å²) >= 11 is 0. The summed E-state index contributed by atoms with van der Waals surface area (Å²) < 4.78 is 8.31. The molecule has 0 amide bonds. The molecule has 1 saturated carbocycles. The molecule has 4 rings (SSSR count). The Morgan fingerprint density at radius 1 is 1.08 bits per heavy atom. The van der Waals surface area contributed by atoms with Crippen LogP contribution in [-0.4, -0.2) is 16.2 Å². The van der Waals surface area contributed by atoms with Crippen LogP contribution in [0.2, 0.25) is 0 Å². The predicted molar refractivity (Wildman–Crippen MR) is 97.7 cm³/mol. The van der Waals surface area contributed by atoms with Crippen molar-refractivity contribution in [3.8, 4) is 5.75 Å². The third kappa shape index (κ3) is 3.03. The van der Waals surface area contributed by atoms with E-state index in [2.05, 4.69) is 66.9 Å². The molecule has 3 nitrogen and oxygen atoms in total. The third-order valence-electron chi connectivity index (χ3n) is 4.76. The summed E-state index contributed by atoms with van der Waals surface area (Å²) in [6, 6.07) is 16.9. The minimum Gasteiger partial charge on any atom is -0.492 e. The Labute approximate surface area is 143 Å². The summed E-state index contributed by atoms with van der Waals surface area (Å²) in [6.45, 7) is 5.93. The average Bonchev–Trinajstić information content (AvgIpc) is 3.38. The summed E-state index contributed by atoms with van der Waals surface area (Å²) in [6.07, 6.45) is 2.53. The van der Waals surface area contributed by atoms with Gasteiger partial charge < -0.3 is 9.30 Å². The number of fused-ring (bicyclic) bond motifs is 1. The molecule has 3 aromatic rings. The van der Waals surface area contributed by atoms with Crippen molar-refractivity contribution in [2.45, 2.75) is 45.1 Å². The summed E-state index contributed by atoms with van der Waals surface area (Å²) in [5.41, 5.74) is 3.66. The van der Waals surface area contributed by atoms with Crippen LogP contribution < -0.4 is 4.74 Å². The smallest absolute Gasteiger partial charge is 0.119 e. The van der Waals surface area contributed by atoms with Gasteiger partial charge in [0.05, 0.1) is 17.6 Å². The Morgan fingerprint density at radius 2 is 1.83 bits per heavy atom. The van der Waals surface area contributed by atoms with Gasteiger partial charge in [-0.15, -0.1) is 0 Å². The van der Waals surface area contributed by atoms with E-state index in [1.54, 1.807) is 0 Å². The van der Waals surface area contributed by atoms with Gasteiger partial charge in [0.25, 0.3) is 0 Å². The van der Waals surface area contributed by atoms with Crippen molar-refractivity contribution in [1.29, 1.82) is 0 Å². The Morgan fingerprint density at radius 3 is 2.54 bits per heavy atom. The number of imidazole rings is 1. The number of benzene rings is 2. The lowest BCUT2D eigenvalue weighted by Crippen LogP contribution is -2.10. The summed E-state index contributed by atoms with van der Waals surface area (Å²) in [7, 11) is 0. The van der Waals surface area contributed by atoms with Gasteiger partial charge in [-0.05, 0) is 48.6 Å². The summed E-state index contributed by atoms with van der Waals surface area (Å²) in [5, 5.41) is 0. The van der Waals surface area contributed by atoms with Crippen molar-refractivity contribution in [3.05, 3.63) is 59.9 Å². The van der Waals surface area contributed by atoms with Gasteiger partial charge in [0.1, 0.15) is 18.2 Å². The number of aromatic nitrogens is 2. The Balaban J connectivity index is 1.47. The van der Waals surface area contributed by atoms with Gasteiger partial charge in [-0.2, -0.15) is 0 Å². The second kappa shape index (κ2) is 6.31. The normalized spacial score (nSPS) is 14.5. The second-order valence-electron chi connectivity index (χ2n) is 6.96. The van der Waals surface area contributed by atoms with Gasteiger partial charge >= 0.3 is 0 Å². The highest BCUT2D eigenvalue weighted by molar-refractivity contribution is 5.76. The number of ether oxygens (including phenoxy) is 1. The lowest BCUT2D eigenvalue weighted by Gasteiger charge is -2.11. The molecule has 0 saturated heterocycles. The van der Waals surface area contributed by atoms with Crippen molar-refractivity contribution < 1.29 is 4.74 Å². The molecule has 0 spiro atoms. The molecule has 24 heavy (non-hydrogen) atoms. The summed E-state index contributed by atoms with van der Waals surface area (Å²) in [5.74, 6) is 3.37. The molecule has 0 aliphatic heterocycles. The Bertz CT molecular complexity index is 829. The van der Waals surface area contributed by atoms with Crippen LogP contribution in [0.4, 0.5) is 0 Å². The van der Waals surface area contributed by atoms with Gasteiger partial charge in [0, 0.05) is 5.92 Å². The molecule has 0 atom stereocenters. The highest BCUT2D eigenvalue weighted by atomic mass is 16.5. The van der Waals surface area contributed by atoms with E-state index in [1.807, 2.05) is 0 Å². The maximum Gasteiger partial charge on any atom is 0.119 e. The molecule has 124 valence electrons. The molecule has 2 aromatic carbocycles. The van der Waals surface area contributed by atoms with Crippen molar-refractivity contribution >= 4 is 11.0 Å². The largest absolute Gasteiger partial charge is 0.492 e. The molecule has 0 bridgehead atoms. The van der Waals surface area contributed by atoms with E-state index in [-0.39, 0.29) is 0 Å². The number of hydrogen-bond acceptors (Lipinski definition) is 2. The van der Waals surface area contributed by atoms with E-state index in [0.717, 1.165) is 17.8 Å². The highest BCUT2D eigenvalue weighted by Crippen LogP contribution is 2.40. The van der Waals surface area contributed by atoms with E-state index in [0.29, 0.717) is 18.4 Å². The molecule has 1 aromatic heterocycles. The summed E-state index contributed by atoms with van der Waals surface area (Å²) in [4.78, 5) is 4.84. The van der Waals surface area contributed by atoms with Crippen LogP contribution >= 0.6 is 0 Å². The molecular formula is C21H24N2O. The quantitative estimate of drug-likeness (QED) is 0.630. The zero-order valence-corrected chi connectivity index (χ0v) is 14.4. The second-order valence-corrected chi connectivity index (χ2v) is 6.96. The van der Waals surface area contributed by atoms with Gasteiger partial charge in [-0.1, -0.05) is 38.1 Å². The molecule has 3 heteroatoms. The zero-order valence-electron chi connectivity index (χ0n) is 14.4. The SMILES string of the molecule is CC(C)c1ccc(OCCn2c(C3CC3)nc3ccccc32)cc1. The average molecular weight is 320 g/mol. The van der Waals surface area contributed by atoms with Crippen LogP contribution in [0.15, 0.2) is 48.5 Å². The fraction of sp³-hybridized carbons (Fsp3) is 0.381. The standard InChI is InChI=1S/C21H24N2O/c1-15(2)16-9-11-18(12-10-16)24-14-13-23-20-6-4-3-5-19(20)22-21(23)17-7-8-17/h3-6,9-12,15,17H,7-8,13-14H2,1-2H3. The molecule has 1 aliphatic carbocycles. The van der Waals surface area contributed by atoms with Crippen LogP contribution in [0.1, 0.15) is 49.9 Å². The number of rotatable bonds is 6. The minimum atomic E-state index is 0.553. The lowest BCUT2D eigenvalue weighted by molar-refractivity contribution is 0.298. The van der Waals surface area contributed by atoms with Crippen molar-refractivity contribution in [2.24, 2.45) is 0 Å². The van der Waals surface area contributed by atoms with Crippen LogP contribution in [0.25, 0.3) is 11.0 Å². The van der Waals surface area contributed by atoms with Crippen molar-refractivity contribution in [3.63, 3.8) is 0 Å². The van der Waals surface area contributed by atoms with Crippen molar-refractivity contribution in [1.82, 2.24) is 9.55 Å². The first-order valence-corrected chi connectivity index (χ1v) is 8.90. The lowest BCUT2D eigenvalue weighted by atomic mass is 10.0. The van der Waals surface area contributed by atoms with Gasteiger partial charge in [0.2, 0.25) is 0 Å². The Kier molecular flexibility index (Phi) is 4.01. The van der Waals surface area contributed by atoms with Crippen LogP contribution in [0.3, 0.4) is 0 Å². The topological polar surface area (TPSA) is 27.1 Å². The van der Waals surface area contributed by atoms with Crippen molar-refractivity contribution in [2.75, 3.05) is 6.61 Å². The molecule has 0 unspecified atom stereocenters. The first-order chi connectivity index (χ1) is 11.7. The van der Waals surface area contributed by atoms with Crippen LogP contribution in [0, 0.1) is 0 Å². The zero-order chi connectivity index (χ0) is 16.5. The Hall–Kier alpha value is -2.29. The fourth-order valence-corrected chi connectivity index (χ4v) is 3.19. The third-order valence-corrected chi connectivity index (χ3v) is 4.76. The van der Waals surface area contributed by atoms with Gasteiger partial charge in [-0.3, -0.25) is 0 Å². The monoisotopic (exact) mass is 320 g/mol. The molecule has 1 heterocycles. The van der Waals surface area contributed by atoms with E-state index < -0.39 is 0 Å². The molecule has 1 fully saturated rings. The minimum absolute atomic E-state index is 0.553. The highest BCUT2D eigenvalue weighted by Gasteiger charge is 2.29. The van der Waals surface area contributed by atoms with E-state index >= 15 is 0 Å². The van der Waals surface area contributed by atoms with Crippen LogP contribution in [-0.2, 0) is 6.54 Å². The first kappa shape index (κ1) is 15.3. The maximum atomic E-state index is 5.97. The van der Waals surface area contributed by atoms with Crippen LogP contribution in [0.5, 0.6) is 5.75 Å². The predicted octanol–water partition coefficient (Wildman–Crippen LogP) is 5.12.